The number of carbonyl (C=O) groups excluding carboxylic acids is 1. The molecule has 168 valence electrons. The molecule has 3 aromatic heterocycles. The fraction of sp³-hybridized carbons (Fsp3) is 0.0741. The Morgan fingerprint density at radius 2 is 1.85 bits per heavy atom. The Morgan fingerprint density at radius 3 is 2.65 bits per heavy atom. The third-order valence-corrected chi connectivity index (χ3v) is 6.03. The molecule has 7 heteroatoms. The maximum absolute atomic E-state index is 13.3. The molecule has 1 N–H and O–H groups in total. The number of ether oxygens (including phenoxy) is 1. The lowest BCUT2D eigenvalue weighted by molar-refractivity contribution is 0.102. The first-order chi connectivity index (χ1) is 16.7. The van der Waals surface area contributed by atoms with Crippen LogP contribution in [-0.2, 0) is 13.2 Å². The number of nitrogens with zero attached hydrogens (tertiary/aromatic N) is 3. The predicted octanol–water partition coefficient (Wildman–Crippen LogP) is 5.89. The average Bonchev–Trinajstić information content (AvgIpc) is 3.55. The van der Waals surface area contributed by atoms with E-state index in [2.05, 4.69) is 10.3 Å². The first-order valence-corrected chi connectivity index (χ1v) is 11.7. The number of rotatable bonds is 8. The monoisotopic (exact) mass is 466 g/mol. The van der Waals surface area contributed by atoms with Gasteiger partial charge in [0.2, 0.25) is 0 Å². The number of aromatic nitrogens is 3. The van der Waals surface area contributed by atoms with Crippen molar-refractivity contribution in [1.82, 2.24) is 14.8 Å². The molecule has 3 heterocycles. The van der Waals surface area contributed by atoms with Crippen molar-refractivity contribution in [3.8, 4) is 16.3 Å². The molecule has 34 heavy (non-hydrogen) atoms. The van der Waals surface area contributed by atoms with Crippen LogP contribution in [0.5, 0.6) is 5.75 Å². The highest BCUT2D eigenvalue weighted by Crippen LogP contribution is 2.28. The van der Waals surface area contributed by atoms with Gasteiger partial charge in [0.1, 0.15) is 18.1 Å². The van der Waals surface area contributed by atoms with Crippen molar-refractivity contribution < 1.29 is 9.53 Å². The summed E-state index contributed by atoms with van der Waals surface area (Å²) in [4.78, 5) is 18.5. The summed E-state index contributed by atoms with van der Waals surface area (Å²) in [6.45, 7) is 0.941. The fourth-order valence-electron chi connectivity index (χ4n) is 3.54. The highest BCUT2D eigenvalue weighted by atomic mass is 32.1. The Hall–Kier alpha value is -4.23. The van der Waals surface area contributed by atoms with Gasteiger partial charge >= 0.3 is 0 Å². The van der Waals surface area contributed by atoms with Crippen LogP contribution in [0.25, 0.3) is 10.6 Å². The van der Waals surface area contributed by atoms with Crippen LogP contribution in [0, 0.1) is 0 Å². The minimum Gasteiger partial charge on any atom is -0.487 e. The lowest BCUT2D eigenvalue weighted by Gasteiger charge is -2.09. The number of carbonyl (C=O) groups is 1. The van der Waals surface area contributed by atoms with Gasteiger partial charge in [0, 0.05) is 24.1 Å². The fourth-order valence-corrected chi connectivity index (χ4v) is 4.26. The Labute approximate surface area is 201 Å². The summed E-state index contributed by atoms with van der Waals surface area (Å²) in [7, 11) is 0. The molecule has 0 spiro atoms. The highest BCUT2D eigenvalue weighted by molar-refractivity contribution is 7.13. The molecule has 0 bridgehead atoms. The summed E-state index contributed by atoms with van der Waals surface area (Å²) in [6.07, 6.45) is 3.54. The molecule has 0 aliphatic rings. The summed E-state index contributed by atoms with van der Waals surface area (Å²) < 4.78 is 7.66. The Morgan fingerprint density at radius 1 is 0.971 bits per heavy atom. The summed E-state index contributed by atoms with van der Waals surface area (Å²) in [5.74, 6) is 0.436. The van der Waals surface area contributed by atoms with E-state index < -0.39 is 0 Å². The van der Waals surface area contributed by atoms with Gasteiger partial charge in [-0.1, -0.05) is 48.5 Å². The van der Waals surface area contributed by atoms with Gasteiger partial charge in [0.25, 0.3) is 5.91 Å². The molecule has 0 aliphatic heterocycles. The standard InChI is InChI=1S/C27H22N4O2S/c32-27(29-21-11-6-12-23(16-21)33-19-22-10-4-5-14-28-22)24-18-31(17-20-8-2-1-3-9-20)30-26(24)25-13-7-15-34-25/h1-16,18H,17,19H2,(H,29,32). The second-order valence-corrected chi connectivity index (χ2v) is 8.59. The minimum atomic E-state index is -0.218. The van der Waals surface area contributed by atoms with E-state index in [0.29, 0.717) is 35.8 Å². The zero-order valence-corrected chi connectivity index (χ0v) is 19.1. The summed E-state index contributed by atoms with van der Waals surface area (Å²) >= 11 is 1.56. The predicted molar refractivity (Wildman–Crippen MR) is 134 cm³/mol. The van der Waals surface area contributed by atoms with Gasteiger partial charge in [-0.2, -0.15) is 5.10 Å². The molecular formula is C27H22N4O2S. The van der Waals surface area contributed by atoms with Crippen molar-refractivity contribution in [1.29, 1.82) is 0 Å². The quantitative estimate of drug-likeness (QED) is 0.310. The van der Waals surface area contributed by atoms with Crippen LogP contribution in [0.2, 0.25) is 0 Å². The molecule has 0 saturated carbocycles. The van der Waals surface area contributed by atoms with E-state index in [4.69, 9.17) is 9.84 Å². The van der Waals surface area contributed by atoms with E-state index in [1.807, 2.05) is 88.9 Å². The summed E-state index contributed by atoms with van der Waals surface area (Å²) in [5, 5.41) is 9.70. The van der Waals surface area contributed by atoms with Crippen molar-refractivity contribution in [3.05, 3.63) is 120 Å². The largest absolute Gasteiger partial charge is 0.487 e. The van der Waals surface area contributed by atoms with E-state index in [1.54, 1.807) is 29.8 Å². The molecule has 0 unspecified atom stereocenters. The first kappa shape index (κ1) is 21.6. The van der Waals surface area contributed by atoms with Gasteiger partial charge in [-0.15, -0.1) is 11.3 Å². The second kappa shape index (κ2) is 10.1. The van der Waals surface area contributed by atoms with E-state index in [-0.39, 0.29) is 5.91 Å². The van der Waals surface area contributed by atoms with Crippen LogP contribution in [0.1, 0.15) is 21.6 Å². The van der Waals surface area contributed by atoms with Gasteiger partial charge in [-0.3, -0.25) is 14.5 Å². The highest BCUT2D eigenvalue weighted by Gasteiger charge is 2.19. The minimum absolute atomic E-state index is 0.218. The van der Waals surface area contributed by atoms with Crippen LogP contribution >= 0.6 is 11.3 Å². The summed E-state index contributed by atoms with van der Waals surface area (Å²) in [6, 6.07) is 27.0. The average molecular weight is 467 g/mol. The van der Waals surface area contributed by atoms with Crippen LogP contribution in [0.3, 0.4) is 0 Å². The van der Waals surface area contributed by atoms with Crippen LogP contribution in [0.4, 0.5) is 5.69 Å². The topological polar surface area (TPSA) is 69.0 Å². The normalized spacial score (nSPS) is 10.7. The van der Waals surface area contributed by atoms with Gasteiger partial charge in [-0.25, -0.2) is 0 Å². The number of amides is 1. The number of nitrogens with one attached hydrogen (secondary N) is 1. The third kappa shape index (κ3) is 5.22. The van der Waals surface area contributed by atoms with Gasteiger partial charge in [0.05, 0.1) is 22.7 Å². The molecular weight excluding hydrogens is 444 g/mol. The second-order valence-electron chi connectivity index (χ2n) is 7.64. The third-order valence-electron chi connectivity index (χ3n) is 5.15. The molecule has 5 rings (SSSR count). The molecule has 0 atom stereocenters. The van der Waals surface area contributed by atoms with Gasteiger partial charge in [0.15, 0.2) is 0 Å². The van der Waals surface area contributed by atoms with Crippen molar-refractivity contribution >= 4 is 22.9 Å². The van der Waals surface area contributed by atoms with Gasteiger partial charge < -0.3 is 10.1 Å². The zero-order valence-electron chi connectivity index (χ0n) is 18.3. The molecule has 0 radical (unpaired) electrons. The molecule has 6 nitrogen and oxygen atoms in total. The van der Waals surface area contributed by atoms with Crippen molar-refractivity contribution in [2.45, 2.75) is 13.2 Å². The number of hydrogen-bond acceptors (Lipinski definition) is 5. The van der Waals surface area contributed by atoms with Crippen molar-refractivity contribution in [2.75, 3.05) is 5.32 Å². The maximum Gasteiger partial charge on any atom is 0.259 e. The smallest absolute Gasteiger partial charge is 0.259 e. The van der Waals surface area contributed by atoms with Gasteiger partial charge in [-0.05, 0) is 41.3 Å². The van der Waals surface area contributed by atoms with E-state index in [1.165, 1.54) is 0 Å². The lowest BCUT2D eigenvalue weighted by atomic mass is 10.2. The first-order valence-electron chi connectivity index (χ1n) is 10.8. The van der Waals surface area contributed by atoms with Crippen LogP contribution < -0.4 is 10.1 Å². The summed E-state index contributed by atoms with van der Waals surface area (Å²) in [5.41, 5.74) is 3.80. The van der Waals surface area contributed by atoms with E-state index >= 15 is 0 Å². The molecule has 2 aromatic carbocycles. The SMILES string of the molecule is O=C(Nc1cccc(OCc2ccccn2)c1)c1cn(Cc2ccccc2)nc1-c1cccs1. The molecule has 0 fully saturated rings. The van der Waals surface area contributed by atoms with E-state index in [0.717, 1.165) is 16.1 Å². The van der Waals surface area contributed by atoms with Crippen LogP contribution in [-0.4, -0.2) is 20.7 Å². The molecule has 0 aliphatic carbocycles. The Balaban J connectivity index is 1.35. The molecule has 1 amide bonds. The number of hydrogen-bond donors (Lipinski definition) is 1. The molecule has 0 saturated heterocycles. The van der Waals surface area contributed by atoms with Crippen molar-refractivity contribution in [2.24, 2.45) is 0 Å². The number of pyridine rings is 1. The number of thiophene rings is 1. The number of benzene rings is 2. The number of anilines is 1. The van der Waals surface area contributed by atoms with E-state index in [9.17, 15) is 4.79 Å². The lowest BCUT2D eigenvalue weighted by Crippen LogP contribution is -2.12. The maximum atomic E-state index is 13.3. The van der Waals surface area contributed by atoms with Crippen LogP contribution in [0.15, 0.2) is 103 Å². The zero-order chi connectivity index (χ0) is 23.2. The Bertz CT molecular complexity index is 1370. The Kier molecular flexibility index (Phi) is 6.45. The molecule has 5 aromatic rings. The van der Waals surface area contributed by atoms with Crippen molar-refractivity contribution in [3.63, 3.8) is 0 Å².